The molecule has 0 bridgehead atoms. The number of aromatic nitrogens is 1. The molecule has 0 radical (unpaired) electrons. The summed E-state index contributed by atoms with van der Waals surface area (Å²) in [5.74, 6) is -1.21. The molecule has 0 aliphatic heterocycles. The van der Waals surface area contributed by atoms with Crippen molar-refractivity contribution in [2.45, 2.75) is 24.9 Å². The van der Waals surface area contributed by atoms with E-state index in [0.717, 1.165) is 6.20 Å². The summed E-state index contributed by atoms with van der Waals surface area (Å²) < 4.78 is 13.2. The minimum Gasteiger partial charge on any atom is -0.404 e. The number of nitrogens with zero attached hydrogens (tertiary/aromatic N) is 2. The summed E-state index contributed by atoms with van der Waals surface area (Å²) in [5.41, 5.74) is 6.45. The first-order chi connectivity index (χ1) is 15.4. The summed E-state index contributed by atoms with van der Waals surface area (Å²) >= 11 is 6.01. The van der Waals surface area contributed by atoms with Gasteiger partial charge in [0.25, 0.3) is 5.91 Å². The van der Waals surface area contributed by atoms with Gasteiger partial charge in [-0.1, -0.05) is 18.2 Å². The molecule has 0 saturated heterocycles. The highest BCUT2D eigenvalue weighted by molar-refractivity contribution is 6.33. The van der Waals surface area contributed by atoms with Crippen LogP contribution in [0.4, 0.5) is 15.8 Å². The van der Waals surface area contributed by atoms with E-state index in [2.05, 4.69) is 32.5 Å². The van der Waals surface area contributed by atoms with Gasteiger partial charge in [-0.3, -0.25) is 19.6 Å². The number of amides is 2. The van der Waals surface area contributed by atoms with Gasteiger partial charge in [0.15, 0.2) is 0 Å². The van der Waals surface area contributed by atoms with E-state index in [4.69, 9.17) is 17.3 Å². The molecule has 1 saturated carbocycles. The fraction of sp³-hybridized carbons (Fsp3) is 0.182. The SMILES string of the molecule is C=CN=C/C(=C\N)C(=O)NC1(C(=O)NCc2ccc(Nc3ccc(F)cc3Cl)cn2)CC1. The monoisotopic (exact) mass is 456 g/mol. The third-order valence-electron chi connectivity index (χ3n) is 4.76. The highest BCUT2D eigenvalue weighted by Crippen LogP contribution is 2.36. The molecule has 10 heteroatoms. The average molecular weight is 457 g/mol. The lowest BCUT2D eigenvalue weighted by Gasteiger charge is -2.17. The Morgan fingerprint density at radius 2 is 2.09 bits per heavy atom. The first-order valence-electron chi connectivity index (χ1n) is 9.70. The van der Waals surface area contributed by atoms with Crippen LogP contribution in [0.2, 0.25) is 5.02 Å². The summed E-state index contributed by atoms with van der Waals surface area (Å²) in [7, 11) is 0. The maximum Gasteiger partial charge on any atom is 0.255 e. The molecule has 1 aliphatic carbocycles. The lowest BCUT2D eigenvalue weighted by molar-refractivity contribution is -0.128. The van der Waals surface area contributed by atoms with Crippen LogP contribution in [0.3, 0.4) is 0 Å². The topological polar surface area (TPSA) is 121 Å². The highest BCUT2D eigenvalue weighted by Gasteiger charge is 2.51. The molecular weight excluding hydrogens is 435 g/mol. The van der Waals surface area contributed by atoms with Gasteiger partial charge in [-0.05, 0) is 43.2 Å². The van der Waals surface area contributed by atoms with E-state index in [-0.39, 0.29) is 23.0 Å². The summed E-state index contributed by atoms with van der Waals surface area (Å²) in [6.45, 7) is 3.62. The third kappa shape index (κ3) is 5.70. The first-order valence-corrected chi connectivity index (χ1v) is 10.1. The van der Waals surface area contributed by atoms with E-state index in [1.165, 1.54) is 30.6 Å². The Labute approximate surface area is 189 Å². The maximum absolute atomic E-state index is 13.2. The molecule has 2 aromatic rings. The van der Waals surface area contributed by atoms with Crippen LogP contribution in [0, 0.1) is 5.82 Å². The Morgan fingerprint density at radius 1 is 1.31 bits per heavy atom. The van der Waals surface area contributed by atoms with Gasteiger partial charge in [-0.25, -0.2) is 4.39 Å². The number of nitrogens with two attached hydrogens (primary N) is 1. The number of hydrogen-bond acceptors (Lipinski definition) is 6. The largest absolute Gasteiger partial charge is 0.404 e. The molecule has 5 N–H and O–H groups in total. The van der Waals surface area contributed by atoms with Gasteiger partial charge in [-0.2, -0.15) is 0 Å². The standard InChI is InChI=1S/C22H22ClFN6O2/c1-2-26-11-14(10-25)20(31)30-22(7-8-22)21(32)28-12-16-4-5-17(13-27-16)29-19-6-3-15(24)9-18(19)23/h2-6,9-11,13,29H,1,7-8,12,25H2,(H,28,32)(H,30,31)/b14-10+,26-11?. The van der Waals surface area contributed by atoms with E-state index in [9.17, 15) is 14.0 Å². The highest BCUT2D eigenvalue weighted by atomic mass is 35.5. The number of nitrogens with one attached hydrogen (secondary N) is 3. The quantitative estimate of drug-likeness (QED) is 0.341. The van der Waals surface area contributed by atoms with Crippen LogP contribution in [-0.2, 0) is 16.1 Å². The van der Waals surface area contributed by atoms with Crippen LogP contribution < -0.4 is 21.7 Å². The molecule has 1 aliphatic rings. The van der Waals surface area contributed by atoms with Crippen molar-refractivity contribution in [3.8, 4) is 0 Å². The average Bonchev–Trinajstić information content (AvgIpc) is 3.56. The molecule has 1 aromatic carbocycles. The van der Waals surface area contributed by atoms with Gasteiger partial charge in [0, 0.05) is 18.6 Å². The van der Waals surface area contributed by atoms with Crippen molar-refractivity contribution in [3.63, 3.8) is 0 Å². The number of carbonyl (C=O) groups is 2. The summed E-state index contributed by atoms with van der Waals surface area (Å²) in [6.07, 6.45) is 6.29. The van der Waals surface area contributed by atoms with E-state index < -0.39 is 17.3 Å². The van der Waals surface area contributed by atoms with Crippen LogP contribution in [0.1, 0.15) is 18.5 Å². The Bertz CT molecular complexity index is 1080. The Hall–Kier alpha value is -3.72. The second-order valence-corrected chi connectivity index (χ2v) is 7.50. The summed E-state index contributed by atoms with van der Waals surface area (Å²) in [5, 5.41) is 8.81. The molecule has 0 unspecified atom stereocenters. The molecule has 1 heterocycles. The number of pyridine rings is 1. The van der Waals surface area contributed by atoms with Crippen molar-refractivity contribution in [3.05, 3.63) is 77.6 Å². The van der Waals surface area contributed by atoms with E-state index >= 15 is 0 Å². The van der Waals surface area contributed by atoms with Crippen LogP contribution in [-0.4, -0.2) is 28.6 Å². The fourth-order valence-corrected chi connectivity index (χ4v) is 3.04. The minimum absolute atomic E-state index is 0.134. The molecule has 32 heavy (non-hydrogen) atoms. The molecular formula is C22H22ClFN6O2. The molecule has 0 atom stereocenters. The number of carbonyl (C=O) groups excluding carboxylic acids is 2. The van der Waals surface area contributed by atoms with Gasteiger partial charge in [0.1, 0.15) is 11.4 Å². The molecule has 1 aromatic heterocycles. The zero-order valence-corrected chi connectivity index (χ0v) is 17.8. The molecule has 2 amide bonds. The molecule has 166 valence electrons. The number of hydrogen-bond donors (Lipinski definition) is 4. The van der Waals surface area contributed by atoms with Crippen molar-refractivity contribution in [2.24, 2.45) is 10.7 Å². The van der Waals surface area contributed by atoms with Gasteiger partial charge in [-0.15, -0.1) is 0 Å². The lowest BCUT2D eigenvalue weighted by Crippen LogP contribution is -2.49. The van der Waals surface area contributed by atoms with Gasteiger partial charge >= 0.3 is 0 Å². The molecule has 8 nitrogen and oxygen atoms in total. The van der Waals surface area contributed by atoms with Crippen molar-refractivity contribution >= 4 is 41.0 Å². The smallest absolute Gasteiger partial charge is 0.255 e. The molecule has 3 rings (SSSR count). The summed E-state index contributed by atoms with van der Waals surface area (Å²) in [4.78, 5) is 33.0. The van der Waals surface area contributed by atoms with Gasteiger partial charge in [0.05, 0.1) is 40.4 Å². The predicted octanol–water partition coefficient (Wildman–Crippen LogP) is 2.94. The summed E-state index contributed by atoms with van der Waals surface area (Å²) in [6, 6.07) is 7.55. The minimum atomic E-state index is -0.964. The van der Waals surface area contributed by atoms with Crippen LogP contribution >= 0.6 is 11.6 Å². The van der Waals surface area contributed by atoms with Crippen molar-refractivity contribution < 1.29 is 14.0 Å². The maximum atomic E-state index is 13.2. The van der Waals surface area contributed by atoms with E-state index in [1.807, 2.05) is 0 Å². The number of aliphatic imine (C=N–C) groups is 1. The Balaban J connectivity index is 1.55. The molecule has 1 fully saturated rings. The van der Waals surface area contributed by atoms with Crippen molar-refractivity contribution in [1.29, 1.82) is 0 Å². The second kappa shape index (κ2) is 10.1. The van der Waals surface area contributed by atoms with Crippen molar-refractivity contribution in [1.82, 2.24) is 15.6 Å². The lowest BCUT2D eigenvalue weighted by atomic mass is 10.2. The number of rotatable bonds is 9. The van der Waals surface area contributed by atoms with Gasteiger partial charge in [0.2, 0.25) is 5.91 Å². The van der Waals surface area contributed by atoms with E-state index in [1.54, 1.807) is 18.3 Å². The zero-order valence-electron chi connectivity index (χ0n) is 17.1. The Morgan fingerprint density at radius 3 is 2.69 bits per heavy atom. The van der Waals surface area contributed by atoms with Crippen LogP contribution in [0.15, 0.2) is 66.1 Å². The number of anilines is 2. The third-order valence-corrected chi connectivity index (χ3v) is 5.08. The van der Waals surface area contributed by atoms with Crippen molar-refractivity contribution in [2.75, 3.05) is 5.32 Å². The molecule has 0 spiro atoms. The number of halogens is 2. The normalized spacial score (nSPS) is 14.6. The zero-order chi connectivity index (χ0) is 23.1. The van der Waals surface area contributed by atoms with E-state index in [0.29, 0.717) is 29.9 Å². The second-order valence-electron chi connectivity index (χ2n) is 7.09. The van der Waals surface area contributed by atoms with Crippen LogP contribution in [0.5, 0.6) is 0 Å². The first kappa shape index (κ1) is 23.0. The van der Waals surface area contributed by atoms with Crippen LogP contribution in [0.25, 0.3) is 0 Å². The fourth-order valence-electron chi connectivity index (χ4n) is 2.82. The Kier molecular flexibility index (Phi) is 7.21. The predicted molar refractivity (Wildman–Crippen MR) is 122 cm³/mol. The van der Waals surface area contributed by atoms with Gasteiger partial charge < -0.3 is 21.7 Å². The number of benzene rings is 1.